The van der Waals surface area contributed by atoms with E-state index in [0.717, 1.165) is 29.0 Å². The van der Waals surface area contributed by atoms with Crippen molar-refractivity contribution in [3.63, 3.8) is 0 Å². The number of benzene rings is 1. The van der Waals surface area contributed by atoms with Gasteiger partial charge in [-0.3, -0.25) is 4.98 Å². The molecule has 0 radical (unpaired) electrons. The van der Waals surface area contributed by atoms with Crippen LogP contribution in [0.1, 0.15) is 23.5 Å². The van der Waals surface area contributed by atoms with E-state index in [0.29, 0.717) is 12.0 Å². The van der Waals surface area contributed by atoms with Gasteiger partial charge in [-0.25, -0.2) is 0 Å². The molecule has 0 saturated heterocycles. The minimum absolute atomic E-state index is 0. The molecule has 1 aliphatic rings. The van der Waals surface area contributed by atoms with Crippen molar-refractivity contribution in [2.45, 2.75) is 25.3 Å². The van der Waals surface area contributed by atoms with E-state index in [1.165, 1.54) is 5.56 Å². The molecule has 0 amide bonds. The summed E-state index contributed by atoms with van der Waals surface area (Å²) >= 11 is 0. The van der Waals surface area contributed by atoms with Gasteiger partial charge in [-0.15, -0.1) is 12.4 Å². The SMILES string of the molecule is COc1cc(-c2ccc(C3CC3N)cn2)ccc1C.Cl. The van der Waals surface area contributed by atoms with Gasteiger partial charge in [0.15, 0.2) is 0 Å². The van der Waals surface area contributed by atoms with Gasteiger partial charge < -0.3 is 10.5 Å². The van der Waals surface area contributed by atoms with Gasteiger partial charge in [0.1, 0.15) is 5.75 Å². The lowest BCUT2D eigenvalue weighted by Gasteiger charge is -2.08. The number of pyridine rings is 1. The molecule has 3 rings (SSSR count). The fourth-order valence-corrected chi connectivity index (χ4v) is 2.37. The number of hydrogen-bond donors (Lipinski definition) is 1. The number of nitrogens with two attached hydrogens (primary N) is 1. The third-order valence-corrected chi connectivity index (χ3v) is 3.76. The monoisotopic (exact) mass is 290 g/mol. The Kier molecular flexibility index (Phi) is 4.31. The van der Waals surface area contributed by atoms with Crippen molar-refractivity contribution in [3.8, 4) is 17.0 Å². The van der Waals surface area contributed by atoms with Crippen LogP contribution in [0.15, 0.2) is 36.5 Å². The zero-order chi connectivity index (χ0) is 13.4. The molecule has 2 unspecified atom stereocenters. The number of ether oxygens (including phenoxy) is 1. The Morgan fingerprint density at radius 3 is 2.55 bits per heavy atom. The van der Waals surface area contributed by atoms with Crippen LogP contribution in [0.4, 0.5) is 0 Å². The van der Waals surface area contributed by atoms with E-state index < -0.39 is 0 Å². The predicted octanol–water partition coefficient (Wildman–Crippen LogP) is 3.30. The highest BCUT2D eigenvalue weighted by molar-refractivity contribution is 5.85. The first-order valence-electron chi connectivity index (χ1n) is 6.55. The zero-order valence-electron chi connectivity index (χ0n) is 11.7. The maximum absolute atomic E-state index is 5.86. The van der Waals surface area contributed by atoms with Crippen LogP contribution in [0.3, 0.4) is 0 Å². The molecule has 0 aliphatic heterocycles. The number of aromatic nitrogens is 1. The van der Waals surface area contributed by atoms with E-state index in [1.54, 1.807) is 7.11 Å². The molecular weight excluding hydrogens is 272 g/mol. The summed E-state index contributed by atoms with van der Waals surface area (Å²) in [7, 11) is 1.69. The Morgan fingerprint density at radius 2 is 2.00 bits per heavy atom. The smallest absolute Gasteiger partial charge is 0.122 e. The number of methoxy groups -OCH3 is 1. The fraction of sp³-hybridized carbons (Fsp3) is 0.312. The summed E-state index contributed by atoms with van der Waals surface area (Å²) in [6.07, 6.45) is 3.03. The molecule has 0 spiro atoms. The first-order valence-corrected chi connectivity index (χ1v) is 6.55. The van der Waals surface area contributed by atoms with Crippen LogP contribution in [0.25, 0.3) is 11.3 Å². The molecule has 4 heteroatoms. The van der Waals surface area contributed by atoms with E-state index in [9.17, 15) is 0 Å². The molecule has 1 aromatic heterocycles. The molecule has 1 aliphatic carbocycles. The lowest BCUT2D eigenvalue weighted by molar-refractivity contribution is 0.412. The van der Waals surface area contributed by atoms with E-state index in [4.69, 9.17) is 10.5 Å². The highest BCUT2D eigenvalue weighted by atomic mass is 35.5. The first kappa shape index (κ1) is 14.8. The Balaban J connectivity index is 0.00000147. The van der Waals surface area contributed by atoms with Crippen LogP contribution in [0.5, 0.6) is 5.75 Å². The maximum atomic E-state index is 5.86. The van der Waals surface area contributed by atoms with Crippen LogP contribution < -0.4 is 10.5 Å². The van der Waals surface area contributed by atoms with Gasteiger partial charge in [0.25, 0.3) is 0 Å². The second-order valence-corrected chi connectivity index (χ2v) is 5.17. The third kappa shape index (κ3) is 2.79. The van der Waals surface area contributed by atoms with Crippen molar-refractivity contribution >= 4 is 12.4 Å². The molecule has 2 atom stereocenters. The highest BCUT2D eigenvalue weighted by Crippen LogP contribution is 2.39. The average molecular weight is 291 g/mol. The summed E-state index contributed by atoms with van der Waals surface area (Å²) in [6, 6.07) is 10.7. The number of halogens is 1. The third-order valence-electron chi connectivity index (χ3n) is 3.76. The van der Waals surface area contributed by atoms with Gasteiger partial charge in [0, 0.05) is 23.7 Å². The van der Waals surface area contributed by atoms with Crippen molar-refractivity contribution in [2.24, 2.45) is 5.73 Å². The first-order chi connectivity index (χ1) is 9.19. The molecule has 2 N–H and O–H groups in total. The van der Waals surface area contributed by atoms with Gasteiger partial charge >= 0.3 is 0 Å². The summed E-state index contributed by atoms with van der Waals surface area (Å²) in [4.78, 5) is 4.54. The van der Waals surface area contributed by atoms with Gasteiger partial charge in [-0.1, -0.05) is 18.2 Å². The van der Waals surface area contributed by atoms with Crippen molar-refractivity contribution in [2.75, 3.05) is 7.11 Å². The van der Waals surface area contributed by atoms with E-state index in [1.807, 2.05) is 19.2 Å². The van der Waals surface area contributed by atoms with Gasteiger partial charge in [0.05, 0.1) is 12.8 Å². The second-order valence-electron chi connectivity index (χ2n) is 5.17. The van der Waals surface area contributed by atoms with Gasteiger partial charge in [-0.2, -0.15) is 0 Å². The molecule has 0 bridgehead atoms. The maximum Gasteiger partial charge on any atom is 0.122 e. The molecule has 2 aromatic rings. The number of rotatable bonds is 3. The number of hydrogen-bond acceptors (Lipinski definition) is 3. The van der Waals surface area contributed by atoms with Crippen molar-refractivity contribution < 1.29 is 4.74 Å². The Hall–Kier alpha value is -1.58. The van der Waals surface area contributed by atoms with Gasteiger partial charge in [0.2, 0.25) is 0 Å². The predicted molar refractivity (Wildman–Crippen MR) is 83.5 cm³/mol. The second kappa shape index (κ2) is 5.81. The van der Waals surface area contributed by atoms with E-state index in [2.05, 4.69) is 29.2 Å². The fourth-order valence-electron chi connectivity index (χ4n) is 2.37. The summed E-state index contributed by atoms with van der Waals surface area (Å²) in [5.74, 6) is 1.40. The number of nitrogens with zero attached hydrogens (tertiary/aromatic N) is 1. The molecular formula is C16H19ClN2O. The van der Waals surface area contributed by atoms with Crippen LogP contribution in [0, 0.1) is 6.92 Å². The van der Waals surface area contributed by atoms with Crippen LogP contribution in [-0.2, 0) is 0 Å². The van der Waals surface area contributed by atoms with Crippen molar-refractivity contribution in [3.05, 3.63) is 47.7 Å². The Morgan fingerprint density at radius 1 is 1.25 bits per heavy atom. The molecule has 1 fully saturated rings. The topological polar surface area (TPSA) is 48.1 Å². The Bertz CT molecular complexity index is 598. The molecule has 3 nitrogen and oxygen atoms in total. The molecule has 106 valence electrons. The minimum atomic E-state index is 0. The van der Waals surface area contributed by atoms with E-state index >= 15 is 0 Å². The molecule has 20 heavy (non-hydrogen) atoms. The average Bonchev–Trinajstić information content (AvgIpc) is 3.17. The molecule has 1 saturated carbocycles. The Labute approximate surface area is 125 Å². The molecule has 1 aromatic carbocycles. The minimum Gasteiger partial charge on any atom is -0.496 e. The van der Waals surface area contributed by atoms with Crippen molar-refractivity contribution in [1.29, 1.82) is 0 Å². The van der Waals surface area contributed by atoms with Crippen LogP contribution in [-0.4, -0.2) is 18.1 Å². The lowest BCUT2D eigenvalue weighted by atomic mass is 10.1. The van der Waals surface area contributed by atoms with Crippen LogP contribution >= 0.6 is 12.4 Å². The summed E-state index contributed by atoms with van der Waals surface area (Å²) in [6.45, 7) is 2.04. The normalized spacial score (nSPS) is 20.1. The van der Waals surface area contributed by atoms with Crippen LogP contribution in [0.2, 0.25) is 0 Å². The van der Waals surface area contributed by atoms with Crippen molar-refractivity contribution in [1.82, 2.24) is 4.98 Å². The zero-order valence-corrected chi connectivity index (χ0v) is 12.5. The quantitative estimate of drug-likeness (QED) is 0.943. The van der Waals surface area contributed by atoms with E-state index in [-0.39, 0.29) is 12.4 Å². The lowest BCUT2D eigenvalue weighted by Crippen LogP contribution is -2.01. The summed E-state index contributed by atoms with van der Waals surface area (Å²) < 4.78 is 5.35. The number of aryl methyl sites for hydroxylation is 1. The summed E-state index contributed by atoms with van der Waals surface area (Å²) in [5.41, 5.74) is 10.3. The summed E-state index contributed by atoms with van der Waals surface area (Å²) in [5, 5.41) is 0. The van der Waals surface area contributed by atoms with Gasteiger partial charge in [-0.05, 0) is 36.6 Å². The standard InChI is InChI=1S/C16H18N2O.ClH/c1-10-3-4-11(7-16(10)19-2)15-6-5-12(9-18-15)13-8-14(13)17;/h3-7,9,13-14H,8,17H2,1-2H3;1H. The molecule has 1 heterocycles. The largest absolute Gasteiger partial charge is 0.496 e. The highest BCUT2D eigenvalue weighted by Gasteiger charge is 2.34.